The van der Waals surface area contributed by atoms with Crippen molar-refractivity contribution >= 4 is 21.7 Å². The van der Waals surface area contributed by atoms with Gasteiger partial charge in [-0.2, -0.15) is 8.78 Å². The zero-order valence-electron chi connectivity index (χ0n) is 11.3. The van der Waals surface area contributed by atoms with E-state index >= 15 is 0 Å². The van der Waals surface area contributed by atoms with Gasteiger partial charge in [-0.3, -0.25) is 4.79 Å². The molecule has 1 aromatic carbocycles. The Morgan fingerprint density at radius 1 is 1.19 bits per heavy atom. The van der Waals surface area contributed by atoms with Crippen LogP contribution in [0.25, 0.3) is 0 Å². The van der Waals surface area contributed by atoms with Crippen molar-refractivity contribution < 1.29 is 31.8 Å². The first-order valence-corrected chi connectivity index (χ1v) is 6.84. The normalized spacial score (nSPS) is 11.6. The standard InChI is InChI=1S/C13H13BrF4O3/c1-3-20-9-5-7(8(14)6-10(9)21-4-2)11(19)13(17,18)12(15)16/h5-6,12H,3-4H2,1-2H3. The highest BCUT2D eigenvalue weighted by atomic mass is 79.9. The van der Waals surface area contributed by atoms with Gasteiger partial charge >= 0.3 is 12.3 Å². The van der Waals surface area contributed by atoms with E-state index in [4.69, 9.17) is 9.47 Å². The highest BCUT2D eigenvalue weighted by Gasteiger charge is 2.49. The molecule has 0 aliphatic heterocycles. The zero-order chi connectivity index (χ0) is 16.2. The summed E-state index contributed by atoms with van der Waals surface area (Å²) in [6, 6.07) is 2.21. The minimum Gasteiger partial charge on any atom is -0.490 e. The summed E-state index contributed by atoms with van der Waals surface area (Å²) in [4.78, 5) is 11.6. The molecule has 0 aliphatic carbocycles. The molecule has 0 aliphatic rings. The van der Waals surface area contributed by atoms with E-state index in [0.717, 1.165) is 6.07 Å². The minimum absolute atomic E-state index is 0.0379. The van der Waals surface area contributed by atoms with Crippen LogP contribution >= 0.6 is 15.9 Å². The van der Waals surface area contributed by atoms with Crippen LogP contribution in [0, 0.1) is 0 Å². The fraction of sp³-hybridized carbons (Fsp3) is 0.462. The number of carbonyl (C=O) groups excluding carboxylic acids is 1. The maximum absolute atomic E-state index is 13.2. The molecule has 0 heterocycles. The lowest BCUT2D eigenvalue weighted by Gasteiger charge is -2.17. The van der Waals surface area contributed by atoms with Crippen LogP contribution in [0.4, 0.5) is 17.6 Å². The van der Waals surface area contributed by atoms with E-state index in [1.807, 2.05) is 0 Å². The van der Waals surface area contributed by atoms with Gasteiger partial charge in [0.25, 0.3) is 0 Å². The first-order chi connectivity index (χ1) is 9.75. The lowest BCUT2D eigenvalue weighted by Crippen LogP contribution is -2.36. The average molecular weight is 373 g/mol. The highest BCUT2D eigenvalue weighted by Crippen LogP contribution is 2.37. The number of Topliss-reactive ketones (excluding diaryl/α,β-unsaturated/α-hetero) is 1. The van der Waals surface area contributed by atoms with Gasteiger partial charge in [-0.05, 0) is 41.9 Å². The van der Waals surface area contributed by atoms with E-state index in [0.29, 0.717) is 0 Å². The Labute approximate surface area is 127 Å². The first-order valence-electron chi connectivity index (χ1n) is 6.05. The lowest BCUT2D eigenvalue weighted by atomic mass is 10.0. The van der Waals surface area contributed by atoms with Gasteiger partial charge < -0.3 is 9.47 Å². The van der Waals surface area contributed by atoms with Crippen LogP contribution in [-0.4, -0.2) is 31.3 Å². The molecule has 1 rings (SSSR count). The molecular weight excluding hydrogens is 360 g/mol. The van der Waals surface area contributed by atoms with Crippen molar-refractivity contribution in [1.82, 2.24) is 0 Å². The smallest absolute Gasteiger partial charge is 0.368 e. The van der Waals surface area contributed by atoms with E-state index in [-0.39, 0.29) is 29.2 Å². The number of benzene rings is 1. The largest absolute Gasteiger partial charge is 0.490 e. The van der Waals surface area contributed by atoms with E-state index < -0.39 is 23.7 Å². The number of hydrogen-bond acceptors (Lipinski definition) is 3. The molecule has 8 heteroatoms. The Bertz CT molecular complexity index is 520. The second-order valence-corrected chi connectivity index (χ2v) is 4.75. The summed E-state index contributed by atoms with van der Waals surface area (Å²) in [5.41, 5.74) is -0.591. The van der Waals surface area contributed by atoms with Gasteiger partial charge in [-0.1, -0.05) is 0 Å². The van der Waals surface area contributed by atoms with Crippen molar-refractivity contribution in [2.45, 2.75) is 26.2 Å². The molecule has 0 amide bonds. The number of rotatable bonds is 7. The number of ketones is 1. The summed E-state index contributed by atoms with van der Waals surface area (Å²) >= 11 is 2.91. The van der Waals surface area contributed by atoms with E-state index in [9.17, 15) is 22.4 Å². The molecule has 0 saturated carbocycles. The monoisotopic (exact) mass is 372 g/mol. The van der Waals surface area contributed by atoms with Gasteiger partial charge in [-0.25, -0.2) is 8.78 Å². The molecular formula is C13H13BrF4O3. The van der Waals surface area contributed by atoms with Crippen LogP contribution in [0.15, 0.2) is 16.6 Å². The van der Waals surface area contributed by atoms with Crippen LogP contribution in [0.2, 0.25) is 0 Å². The molecule has 0 atom stereocenters. The predicted octanol–water partition coefficient (Wildman–Crippen LogP) is 4.33. The molecule has 118 valence electrons. The van der Waals surface area contributed by atoms with Gasteiger partial charge in [0, 0.05) is 10.0 Å². The molecule has 0 saturated heterocycles. The molecule has 0 radical (unpaired) electrons. The topological polar surface area (TPSA) is 35.5 Å². The van der Waals surface area contributed by atoms with Crippen LogP contribution < -0.4 is 9.47 Å². The molecule has 3 nitrogen and oxygen atoms in total. The molecule has 0 unspecified atom stereocenters. The highest BCUT2D eigenvalue weighted by molar-refractivity contribution is 9.10. The lowest BCUT2D eigenvalue weighted by molar-refractivity contribution is -0.0958. The molecule has 21 heavy (non-hydrogen) atoms. The van der Waals surface area contributed by atoms with Crippen LogP contribution in [0.1, 0.15) is 24.2 Å². The summed E-state index contributed by atoms with van der Waals surface area (Å²) in [6.07, 6.45) is -4.08. The Balaban J connectivity index is 3.31. The van der Waals surface area contributed by atoms with Gasteiger partial charge in [0.15, 0.2) is 11.5 Å². The van der Waals surface area contributed by atoms with Gasteiger partial charge in [0.2, 0.25) is 5.78 Å². The van der Waals surface area contributed by atoms with Crippen molar-refractivity contribution in [2.75, 3.05) is 13.2 Å². The predicted molar refractivity (Wildman–Crippen MR) is 71.8 cm³/mol. The molecule has 0 bridgehead atoms. The second kappa shape index (κ2) is 7.11. The van der Waals surface area contributed by atoms with Crippen LogP contribution in [0.5, 0.6) is 11.5 Å². The maximum Gasteiger partial charge on any atom is 0.368 e. The third kappa shape index (κ3) is 3.87. The molecule has 0 aromatic heterocycles. The number of halogens is 5. The molecule has 0 N–H and O–H groups in total. The Morgan fingerprint density at radius 3 is 2.10 bits per heavy atom. The first kappa shape index (κ1) is 17.7. The van der Waals surface area contributed by atoms with Crippen molar-refractivity contribution in [3.8, 4) is 11.5 Å². The Morgan fingerprint density at radius 2 is 1.67 bits per heavy atom. The van der Waals surface area contributed by atoms with E-state index in [1.54, 1.807) is 13.8 Å². The number of alkyl halides is 4. The summed E-state index contributed by atoms with van der Waals surface area (Å²) in [6.45, 7) is 3.83. The average Bonchev–Trinajstić information content (AvgIpc) is 2.41. The van der Waals surface area contributed by atoms with Crippen molar-refractivity contribution in [3.05, 3.63) is 22.2 Å². The third-order valence-corrected chi connectivity index (χ3v) is 3.11. The van der Waals surface area contributed by atoms with Gasteiger partial charge in [0.05, 0.1) is 13.2 Å². The van der Waals surface area contributed by atoms with Crippen LogP contribution in [0.3, 0.4) is 0 Å². The number of ether oxygens (including phenoxy) is 2. The summed E-state index contributed by atoms with van der Waals surface area (Å²) < 4.78 is 61.3. The molecule has 0 fully saturated rings. The Hall–Kier alpha value is -1.31. The van der Waals surface area contributed by atoms with Gasteiger partial charge in [-0.15, -0.1) is 0 Å². The van der Waals surface area contributed by atoms with Crippen molar-refractivity contribution in [3.63, 3.8) is 0 Å². The number of carbonyl (C=O) groups is 1. The van der Waals surface area contributed by atoms with Crippen molar-refractivity contribution in [2.24, 2.45) is 0 Å². The third-order valence-electron chi connectivity index (χ3n) is 2.45. The maximum atomic E-state index is 13.2. The molecule has 0 spiro atoms. The molecule has 1 aromatic rings. The van der Waals surface area contributed by atoms with Gasteiger partial charge in [0.1, 0.15) is 0 Å². The Kier molecular flexibility index (Phi) is 6.00. The zero-order valence-corrected chi connectivity index (χ0v) is 12.8. The van der Waals surface area contributed by atoms with E-state index in [2.05, 4.69) is 15.9 Å². The van der Waals surface area contributed by atoms with E-state index in [1.165, 1.54) is 6.07 Å². The quantitative estimate of drug-likeness (QED) is 0.527. The van der Waals surface area contributed by atoms with Crippen molar-refractivity contribution in [1.29, 1.82) is 0 Å². The fourth-order valence-corrected chi connectivity index (χ4v) is 2.03. The summed E-state index contributed by atoms with van der Waals surface area (Å²) in [5, 5.41) is 0. The summed E-state index contributed by atoms with van der Waals surface area (Å²) in [5.74, 6) is -6.48. The second-order valence-electron chi connectivity index (χ2n) is 3.90. The summed E-state index contributed by atoms with van der Waals surface area (Å²) in [7, 11) is 0. The minimum atomic E-state index is -4.76. The SMILES string of the molecule is CCOc1cc(Br)c(C(=O)C(F)(F)C(F)F)cc1OCC. The van der Waals surface area contributed by atoms with Crippen LogP contribution in [-0.2, 0) is 0 Å². The number of hydrogen-bond donors (Lipinski definition) is 0. The fourth-order valence-electron chi connectivity index (χ4n) is 1.52.